The summed E-state index contributed by atoms with van der Waals surface area (Å²) >= 11 is 3.23. The molecule has 0 aliphatic carbocycles. The first kappa shape index (κ1) is 41.3. The van der Waals surface area contributed by atoms with Crippen molar-refractivity contribution < 1.29 is 29.0 Å². The third-order valence-corrected chi connectivity index (χ3v) is 12.3. The molecule has 0 radical (unpaired) electrons. The molecule has 0 spiro atoms. The van der Waals surface area contributed by atoms with Gasteiger partial charge in [-0.1, -0.05) is 45.0 Å². The van der Waals surface area contributed by atoms with E-state index in [-0.39, 0.29) is 43.1 Å². The molecule has 56 heavy (non-hydrogen) atoms. The second-order valence-corrected chi connectivity index (χ2v) is 17.5. The first-order valence-electron chi connectivity index (χ1n) is 19.4. The van der Waals surface area contributed by atoms with Gasteiger partial charge in [-0.15, -0.1) is 22.7 Å². The summed E-state index contributed by atoms with van der Waals surface area (Å²) in [6, 6.07) is 11.9. The predicted molar refractivity (Wildman–Crippen MR) is 221 cm³/mol. The maximum atomic E-state index is 14.1. The van der Waals surface area contributed by atoms with E-state index in [2.05, 4.69) is 32.8 Å². The summed E-state index contributed by atoms with van der Waals surface area (Å²) in [5.41, 5.74) is 7.25. The number of rotatable bonds is 14. The molecule has 2 aromatic heterocycles. The van der Waals surface area contributed by atoms with Crippen LogP contribution < -0.4 is 20.3 Å². The van der Waals surface area contributed by atoms with E-state index in [1.54, 1.807) is 22.7 Å². The van der Waals surface area contributed by atoms with E-state index >= 15 is 0 Å². The van der Waals surface area contributed by atoms with Crippen molar-refractivity contribution in [1.29, 1.82) is 0 Å². The van der Waals surface area contributed by atoms with Crippen LogP contribution in [0, 0.1) is 19.3 Å². The highest BCUT2D eigenvalue weighted by Crippen LogP contribution is 2.33. The summed E-state index contributed by atoms with van der Waals surface area (Å²) in [6.07, 6.45) is 0.740. The molecule has 3 amide bonds. The van der Waals surface area contributed by atoms with Gasteiger partial charge in [0, 0.05) is 43.4 Å². The fraction of sp³-hybridized carbons (Fsp3) is 0.500. The highest BCUT2D eigenvalue weighted by molar-refractivity contribution is 7.14. The van der Waals surface area contributed by atoms with Crippen LogP contribution in [0.15, 0.2) is 53.4 Å². The van der Waals surface area contributed by atoms with Crippen molar-refractivity contribution in [2.45, 2.75) is 91.5 Å². The molecule has 4 atom stereocenters. The van der Waals surface area contributed by atoms with Gasteiger partial charge in [0.15, 0.2) is 5.13 Å². The van der Waals surface area contributed by atoms with Gasteiger partial charge in [-0.05, 0) is 73.9 Å². The SMILES string of the molecule is Cc1cc(OCCCCC(=O)NC(C(=O)N2CC(O)CC2C(=O)NC(C)c2ccc(-c3scnc3C)cc2)C(C)(C)C)ccc1-c1csc(N2CCOCC2)n1. The van der Waals surface area contributed by atoms with Crippen LogP contribution in [-0.2, 0) is 19.1 Å². The Kier molecular flexibility index (Phi) is 13.5. The number of aryl methyl sites for hydroxylation is 2. The van der Waals surface area contributed by atoms with E-state index in [9.17, 15) is 19.5 Å². The molecule has 2 fully saturated rings. The van der Waals surface area contributed by atoms with E-state index in [1.165, 1.54) is 4.90 Å². The van der Waals surface area contributed by atoms with Crippen molar-refractivity contribution in [2.75, 3.05) is 44.4 Å². The maximum absolute atomic E-state index is 14.1. The maximum Gasteiger partial charge on any atom is 0.246 e. The van der Waals surface area contributed by atoms with Gasteiger partial charge in [-0.3, -0.25) is 14.4 Å². The van der Waals surface area contributed by atoms with Gasteiger partial charge in [0.25, 0.3) is 0 Å². The van der Waals surface area contributed by atoms with Crippen molar-refractivity contribution in [3.8, 4) is 27.4 Å². The average Bonchev–Trinajstić information content (AvgIpc) is 3.94. The minimum absolute atomic E-state index is 0.0215. The molecule has 2 aromatic carbocycles. The summed E-state index contributed by atoms with van der Waals surface area (Å²) in [4.78, 5) is 54.9. The van der Waals surface area contributed by atoms with Gasteiger partial charge >= 0.3 is 0 Å². The number of ether oxygens (including phenoxy) is 2. The monoisotopic (exact) mass is 802 g/mol. The van der Waals surface area contributed by atoms with Gasteiger partial charge in [0.2, 0.25) is 17.7 Å². The minimum Gasteiger partial charge on any atom is -0.494 e. The lowest BCUT2D eigenvalue weighted by Gasteiger charge is -2.35. The summed E-state index contributed by atoms with van der Waals surface area (Å²) in [5.74, 6) is -0.200. The number of unbranched alkanes of at least 4 members (excludes halogenated alkanes) is 1. The smallest absolute Gasteiger partial charge is 0.246 e. The minimum atomic E-state index is -0.879. The molecule has 0 bridgehead atoms. The number of hydrogen-bond donors (Lipinski definition) is 3. The molecular weight excluding hydrogens is 749 g/mol. The number of hydrogen-bond acceptors (Lipinski definition) is 11. The molecule has 14 heteroatoms. The zero-order valence-electron chi connectivity index (χ0n) is 33.2. The number of morpholine rings is 1. The van der Waals surface area contributed by atoms with Crippen LogP contribution in [0.1, 0.15) is 76.2 Å². The Bertz CT molecular complexity index is 1970. The van der Waals surface area contributed by atoms with Crippen molar-refractivity contribution in [2.24, 2.45) is 5.41 Å². The lowest BCUT2D eigenvalue weighted by Crippen LogP contribution is -2.57. The molecule has 3 N–H and O–H groups in total. The standard InChI is InChI=1S/C42H54N6O6S2/c1-26-21-32(14-15-33(26)34-24-55-41(45-34)47-16-19-53-20-17-47)54-18-8-7-9-36(50)46-38(42(4,5)6)40(52)48-23-31(49)22-35(48)39(51)44-27(2)29-10-12-30(13-11-29)37-28(3)43-25-56-37/h10-15,21,24-25,27,31,35,38,49H,7-9,16-20,22-23H2,1-6H3,(H,44,51)(H,46,50). The number of nitrogens with zero attached hydrogens (tertiary/aromatic N) is 4. The highest BCUT2D eigenvalue weighted by Gasteiger charge is 2.44. The summed E-state index contributed by atoms with van der Waals surface area (Å²) in [6.45, 7) is 15.2. The zero-order chi connectivity index (χ0) is 40.0. The van der Waals surface area contributed by atoms with Gasteiger partial charge in [0.1, 0.15) is 17.8 Å². The fourth-order valence-corrected chi connectivity index (χ4v) is 8.82. The largest absolute Gasteiger partial charge is 0.494 e. The first-order chi connectivity index (χ1) is 26.8. The van der Waals surface area contributed by atoms with Crippen LogP contribution in [0.3, 0.4) is 0 Å². The second kappa shape index (κ2) is 18.3. The van der Waals surface area contributed by atoms with Crippen LogP contribution in [0.5, 0.6) is 5.75 Å². The Morgan fingerprint density at radius 1 is 1.04 bits per heavy atom. The van der Waals surface area contributed by atoms with E-state index in [4.69, 9.17) is 14.5 Å². The van der Waals surface area contributed by atoms with Gasteiger partial charge in [0.05, 0.1) is 53.7 Å². The van der Waals surface area contributed by atoms with Crippen LogP contribution in [-0.4, -0.2) is 95.3 Å². The number of benzene rings is 2. The topological polar surface area (TPSA) is 146 Å². The Morgan fingerprint density at radius 3 is 2.46 bits per heavy atom. The van der Waals surface area contributed by atoms with Crippen LogP contribution in [0.4, 0.5) is 5.13 Å². The number of carbonyl (C=O) groups is 3. The number of β-amino-alcohol motifs (C(OH)–C–C–N with tert-alkyl or cyclic N) is 1. The number of likely N-dealkylation sites (tertiary alicyclic amines) is 1. The summed E-state index contributed by atoms with van der Waals surface area (Å²) < 4.78 is 11.5. The van der Waals surface area contributed by atoms with E-state index in [0.717, 1.165) is 75.7 Å². The zero-order valence-corrected chi connectivity index (χ0v) is 34.8. The Balaban J connectivity index is 0.975. The molecular formula is C42H54N6O6S2. The average molecular weight is 803 g/mol. The Hall–Kier alpha value is -4.37. The van der Waals surface area contributed by atoms with Crippen LogP contribution in [0.25, 0.3) is 21.7 Å². The number of aromatic nitrogens is 2. The molecule has 4 unspecified atom stereocenters. The summed E-state index contributed by atoms with van der Waals surface area (Å²) in [7, 11) is 0. The highest BCUT2D eigenvalue weighted by atomic mass is 32.1. The van der Waals surface area contributed by atoms with Crippen molar-refractivity contribution in [3.05, 3.63) is 70.2 Å². The van der Waals surface area contributed by atoms with E-state index in [0.29, 0.717) is 19.4 Å². The third kappa shape index (κ3) is 10.1. The lowest BCUT2D eigenvalue weighted by atomic mass is 9.85. The number of anilines is 1. The fourth-order valence-electron chi connectivity index (χ4n) is 7.13. The molecule has 4 aromatic rings. The third-order valence-electron chi connectivity index (χ3n) is 10.4. The molecule has 300 valence electrons. The normalized spacial score (nSPS) is 18.4. The molecule has 0 saturated carbocycles. The van der Waals surface area contributed by atoms with Crippen LogP contribution >= 0.6 is 22.7 Å². The van der Waals surface area contributed by atoms with Gasteiger partial charge < -0.3 is 35.0 Å². The number of aliphatic hydroxyl groups excluding tert-OH is 1. The Morgan fingerprint density at radius 2 is 1.79 bits per heavy atom. The van der Waals surface area contributed by atoms with Crippen molar-refractivity contribution in [3.63, 3.8) is 0 Å². The van der Waals surface area contributed by atoms with E-state index in [1.807, 2.05) is 82.6 Å². The number of thiazole rings is 2. The number of amides is 3. The number of carbonyl (C=O) groups excluding carboxylic acids is 3. The molecule has 12 nitrogen and oxygen atoms in total. The van der Waals surface area contributed by atoms with Gasteiger partial charge in [-0.25, -0.2) is 9.97 Å². The van der Waals surface area contributed by atoms with E-state index < -0.39 is 23.6 Å². The quantitative estimate of drug-likeness (QED) is 0.125. The summed E-state index contributed by atoms with van der Waals surface area (Å²) in [5, 5.41) is 19.7. The molecule has 2 aliphatic heterocycles. The molecule has 2 aliphatic rings. The molecule has 6 rings (SSSR count). The van der Waals surface area contributed by atoms with Crippen molar-refractivity contribution >= 4 is 45.5 Å². The van der Waals surface area contributed by atoms with Crippen LogP contribution in [0.2, 0.25) is 0 Å². The van der Waals surface area contributed by atoms with Crippen molar-refractivity contribution in [1.82, 2.24) is 25.5 Å². The Labute approximate surface area is 337 Å². The molecule has 2 saturated heterocycles. The molecule has 4 heterocycles. The number of nitrogens with one attached hydrogen (secondary N) is 2. The number of aliphatic hydroxyl groups is 1. The van der Waals surface area contributed by atoms with Gasteiger partial charge in [-0.2, -0.15) is 0 Å². The second-order valence-electron chi connectivity index (χ2n) is 15.8. The predicted octanol–water partition coefficient (Wildman–Crippen LogP) is 6.31. The first-order valence-corrected chi connectivity index (χ1v) is 21.1. The lowest BCUT2D eigenvalue weighted by molar-refractivity contribution is -0.144.